The van der Waals surface area contributed by atoms with Gasteiger partial charge in [-0.05, 0) is 12.1 Å². The maximum absolute atomic E-state index is 13.1. The molecule has 88 valence electrons. The van der Waals surface area contributed by atoms with Crippen LogP contribution >= 0.6 is 0 Å². The zero-order valence-electron chi connectivity index (χ0n) is 9.96. The van der Waals surface area contributed by atoms with E-state index >= 15 is 0 Å². The first kappa shape index (κ1) is 12.6. The SMILES string of the molecule is CC.Cn1c(C(C)(F)F)nc2ccccc21. The summed E-state index contributed by atoms with van der Waals surface area (Å²) in [6, 6.07) is 7.09. The average molecular weight is 226 g/mol. The van der Waals surface area contributed by atoms with Gasteiger partial charge in [-0.3, -0.25) is 0 Å². The van der Waals surface area contributed by atoms with Crippen molar-refractivity contribution in [3.63, 3.8) is 0 Å². The molecule has 0 radical (unpaired) electrons. The molecule has 1 aromatic carbocycles. The summed E-state index contributed by atoms with van der Waals surface area (Å²) in [6.45, 7) is 4.86. The van der Waals surface area contributed by atoms with E-state index in [0.717, 1.165) is 12.4 Å². The first-order valence-electron chi connectivity index (χ1n) is 5.30. The Bertz CT molecular complexity index is 469. The van der Waals surface area contributed by atoms with E-state index in [9.17, 15) is 8.78 Å². The number of aromatic nitrogens is 2. The third kappa shape index (κ3) is 2.21. The van der Waals surface area contributed by atoms with Crippen molar-refractivity contribution in [3.05, 3.63) is 30.1 Å². The maximum atomic E-state index is 13.1. The van der Waals surface area contributed by atoms with Gasteiger partial charge in [-0.1, -0.05) is 26.0 Å². The van der Waals surface area contributed by atoms with Crippen molar-refractivity contribution in [2.45, 2.75) is 26.7 Å². The zero-order valence-corrected chi connectivity index (χ0v) is 9.96. The van der Waals surface area contributed by atoms with Crippen molar-refractivity contribution < 1.29 is 8.78 Å². The summed E-state index contributed by atoms with van der Waals surface area (Å²) in [5.41, 5.74) is 1.33. The Morgan fingerprint density at radius 3 is 2.25 bits per heavy atom. The molecule has 0 N–H and O–H groups in total. The quantitative estimate of drug-likeness (QED) is 0.724. The molecule has 0 spiro atoms. The van der Waals surface area contributed by atoms with Crippen molar-refractivity contribution in [1.82, 2.24) is 9.55 Å². The van der Waals surface area contributed by atoms with Gasteiger partial charge in [0.1, 0.15) is 0 Å². The van der Waals surface area contributed by atoms with Crippen LogP contribution in [0.4, 0.5) is 8.78 Å². The molecule has 0 saturated heterocycles. The van der Waals surface area contributed by atoms with E-state index in [-0.39, 0.29) is 5.82 Å². The lowest BCUT2D eigenvalue weighted by molar-refractivity contribution is 0.00548. The summed E-state index contributed by atoms with van der Waals surface area (Å²) >= 11 is 0. The molecule has 0 unspecified atom stereocenters. The minimum Gasteiger partial charge on any atom is -0.326 e. The lowest BCUT2D eigenvalue weighted by Gasteiger charge is -2.09. The third-order valence-corrected chi connectivity index (χ3v) is 2.18. The number of benzene rings is 1. The van der Waals surface area contributed by atoms with Crippen molar-refractivity contribution in [2.75, 3.05) is 0 Å². The summed E-state index contributed by atoms with van der Waals surface area (Å²) in [4.78, 5) is 3.90. The summed E-state index contributed by atoms with van der Waals surface area (Å²) in [5, 5.41) is 0. The molecule has 1 heterocycles. The van der Waals surface area contributed by atoms with Crippen LogP contribution in [0.15, 0.2) is 24.3 Å². The Morgan fingerprint density at radius 2 is 1.75 bits per heavy atom. The van der Waals surface area contributed by atoms with E-state index in [1.807, 2.05) is 19.9 Å². The van der Waals surface area contributed by atoms with E-state index in [4.69, 9.17) is 0 Å². The van der Waals surface area contributed by atoms with Gasteiger partial charge in [-0.15, -0.1) is 0 Å². The van der Waals surface area contributed by atoms with E-state index in [1.54, 1.807) is 25.2 Å². The Kier molecular flexibility index (Phi) is 3.62. The fourth-order valence-corrected chi connectivity index (χ4v) is 1.54. The Labute approximate surface area is 93.9 Å². The van der Waals surface area contributed by atoms with Crippen molar-refractivity contribution in [3.8, 4) is 0 Å². The number of nitrogens with zero attached hydrogens (tertiary/aromatic N) is 2. The molecule has 1 aromatic heterocycles. The van der Waals surface area contributed by atoms with Gasteiger partial charge in [-0.25, -0.2) is 4.98 Å². The fraction of sp³-hybridized carbons (Fsp3) is 0.417. The molecule has 0 aliphatic rings. The monoisotopic (exact) mass is 226 g/mol. The fourth-order valence-electron chi connectivity index (χ4n) is 1.54. The summed E-state index contributed by atoms with van der Waals surface area (Å²) in [6.07, 6.45) is 0. The summed E-state index contributed by atoms with van der Waals surface area (Å²) in [5.74, 6) is -3.09. The van der Waals surface area contributed by atoms with Gasteiger partial charge >= 0.3 is 5.92 Å². The molecule has 2 nitrogen and oxygen atoms in total. The summed E-state index contributed by atoms with van der Waals surface area (Å²) in [7, 11) is 1.60. The lowest BCUT2D eigenvalue weighted by atomic mass is 10.3. The van der Waals surface area contributed by atoms with Gasteiger partial charge < -0.3 is 4.57 Å². The number of imidazole rings is 1. The van der Waals surface area contributed by atoms with Crippen LogP contribution in [0.2, 0.25) is 0 Å². The normalized spacial score (nSPS) is 11.1. The highest BCUT2D eigenvalue weighted by Crippen LogP contribution is 2.28. The van der Waals surface area contributed by atoms with Crippen molar-refractivity contribution in [1.29, 1.82) is 0 Å². The topological polar surface area (TPSA) is 17.8 Å². The van der Waals surface area contributed by atoms with Crippen LogP contribution in [0, 0.1) is 0 Å². The molecule has 4 heteroatoms. The van der Waals surface area contributed by atoms with Gasteiger partial charge in [0.05, 0.1) is 11.0 Å². The molecule has 0 aliphatic heterocycles. The molecular formula is C12H16F2N2. The second-order valence-electron chi connectivity index (χ2n) is 3.37. The Hall–Kier alpha value is -1.45. The van der Waals surface area contributed by atoms with Crippen LogP contribution in [-0.4, -0.2) is 9.55 Å². The number of halogens is 2. The molecular weight excluding hydrogens is 210 g/mol. The molecule has 0 aliphatic carbocycles. The highest BCUT2D eigenvalue weighted by atomic mass is 19.3. The molecule has 0 atom stereocenters. The number of alkyl halides is 2. The molecule has 0 saturated carbocycles. The highest BCUT2D eigenvalue weighted by Gasteiger charge is 2.30. The largest absolute Gasteiger partial charge is 0.326 e. The maximum Gasteiger partial charge on any atom is 0.302 e. The van der Waals surface area contributed by atoms with Crippen LogP contribution < -0.4 is 0 Å². The van der Waals surface area contributed by atoms with Gasteiger partial charge in [0.15, 0.2) is 5.82 Å². The third-order valence-electron chi connectivity index (χ3n) is 2.18. The molecule has 0 fully saturated rings. The predicted octanol–water partition coefficient (Wildman–Crippen LogP) is 3.71. The van der Waals surface area contributed by atoms with Crippen LogP contribution in [0.3, 0.4) is 0 Å². The molecule has 16 heavy (non-hydrogen) atoms. The van der Waals surface area contributed by atoms with Crippen LogP contribution in [0.25, 0.3) is 11.0 Å². The Balaban J connectivity index is 0.000000606. The van der Waals surface area contributed by atoms with Crippen molar-refractivity contribution in [2.24, 2.45) is 7.05 Å². The number of hydrogen-bond acceptors (Lipinski definition) is 1. The number of hydrogen-bond donors (Lipinski definition) is 0. The standard InChI is InChI=1S/C10H10F2N2.C2H6/c1-10(11,12)9-13-7-5-3-4-6-8(7)14(9)2;1-2/h3-6H,1-2H3;1-2H3. The van der Waals surface area contributed by atoms with Gasteiger partial charge in [0.25, 0.3) is 0 Å². The molecule has 0 bridgehead atoms. The van der Waals surface area contributed by atoms with Gasteiger partial charge in [0.2, 0.25) is 0 Å². The van der Waals surface area contributed by atoms with Crippen LogP contribution in [-0.2, 0) is 13.0 Å². The lowest BCUT2D eigenvalue weighted by Crippen LogP contribution is -2.13. The number of para-hydroxylation sites is 2. The summed E-state index contributed by atoms with van der Waals surface area (Å²) < 4.78 is 27.6. The molecule has 2 aromatic rings. The van der Waals surface area contributed by atoms with E-state index < -0.39 is 5.92 Å². The van der Waals surface area contributed by atoms with Gasteiger partial charge in [-0.2, -0.15) is 8.78 Å². The zero-order chi connectivity index (χ0) is 12.3. The van der Waals surface area contributed by atoms with Gasteiger partial charge in [0, 0.05) is 14.0 Å². The molecule has 2 rings (SSSR count). The van der Waals surface area contributed by atoms with E-state index in [2.05, 4.69) is 4.98 Å². The van der Waals surface area contributed by atoms with E-state index in [1.165, 1.54) is 4.57 Å². The van der Waals surface area contributed by atoms with Crippen LogP contribution in [0.5, 0.6) is 0 Å². The second-order valence-corrected chi connectivity index (χ2v) is 3.37. The highest BCUT2D eigenvalue weighted by molar-refractivity contribution is 5.75. The molecule has 0 amide bonds. The van der Waals surface area contributed by atoms with Crippen LogP contribution in [0.1, 0.15) is 26.6 Å². The first-order chi connectivity index (χ1) is 7.50. The predicted molar refractivity (Wildman–Crippen MR) is 61.6 cm³/mol. The number of aryl methyl sites for hydroxylation is 1. The minimum atomic E-state index is -2.90. The Morgan fingerprint density at radius 1 is 1.19 bits per heavy atom. The average Bonchev–Trinajstić information content (AvgIpc) is 2.60. The number of fused-ring (bicyclic) bond motifs is 1. The number of rotatable bonds is 1. The minimum absolute atomic E-state index is 0.196. The second kappa shape index (κ2) is 4.60. The smallest absolute Gasteiger partial charge is 0.302 e. The first-order valence-corrected chi connectivity index (χ1v) is 5.30. The van der Waals surface area contributed by atoms with E-state index in [0.29, 0.717) is 5.52 Å². The van der Waals surface area contributed by atoms with Crippen molar-refractivity contribution >= 4 is 11.0 Å².